The summed E-state index contributed by atoms with van der Waals surface area (Å²) in [5.41, 5.74) is 6.94. The predicted octanol–water partition coefficient (Wildman–Crippen LogP) is 1.83. The van der Waals surface area contributed by atoms with Crippen LogP contribution in [0.1, 0.15) is 24.7 Å². The van der Waals surface area contributed by atoms with E-state index in [1.54, 1.807) is 12.3 Å². The van der Waals surface area contributed by atoms with Gasteiger partial charge in [0, 0.05) is 25.4 Å². The summed E-state index contributed by atoms with van der Waals surface area (Å²) >= 11 is 0. The Morgan fingerprint density at radius 1 is 1.19 bits per heavy atom. The van der Waals surface area contributed by atoms with Gasteiger partial charge in [0.25, 0.3) is 0 Å². The average Bonchev–Trinajstić information content (AvgIpc) is 2.48. The highest BCUT2D eigenvalue weighted by atomic mass is 16.3. The Labute approximate surface area is 125 Å². The van der Waals surface area contributed by atoms with E-state index in [0.29, 0.717) is 18.2 Å². The van der Waals surface area contributed by atoms with Crippen molar-refractivity contribution in [3.63, 3.8) is 0 Å². The lowest BCUT2D eigenvalue weighted by Crippen LogP contribution is -2.33. The highest BCUT2D eigenvalue weighted by Gasteiger charge is 2.15. The number of hydrogen-bond acceptors (Lipinski definition) is 5. The van der Waals surface area contributed by atoms with Gasteiger partial charge in [-0.3, -0.25) is 4.90 Å². The van der Waals surface area contributed by atoms with Crippen LogP contribution in [0.4, 0.5) is 5.82 Å². The molecule has 0 radical (unpaired) electrons. The van der Waals surface area contributed by atoms with E-state index < -0.39 is 0 Å². The molecule has 2 rings (SSSR count). The minimum Gasteiger partial charge on any atom is -0.396 e. The Kier molecular flexibility index (Phi) is 5.66. The molecular weight excluding hydrogens is 264 g/mol. The SMILES string of the molecule is CC(CCO)N(Cc1ccccc1)Cc1nccc(N)n1. The van der Waals surface area contributed by atoms with Crippen molar-refractivity contribution >= 4 is 5.82 Å². The minimum absolute atomic E-state index is 0.171. The third-order valence-electron chi connectivity index (χ3n) is 3.47. The van der Waals surface area contributed by atoms with Crippen LogP contribution in [-0.2, 0) is 13.1 Å². The molecule has 1 heterocycles. The van der Waals surface area contributed by atoms with Crippen LogP contribution in [0.2, 0.25) is 0 Å². The van der Waals surface area contributed by atoms with E-state index in [0.717, 1.165) is 13.0 Å². The number of hydrogen-bond donors (Lipinski definition) is 2. The molecule has 1 aromatic heterocycles. The topological polar surface area (TPSA) is 75.3 Å². The Hall–Kier alpha value is -1.98. The molecular formula is C16H22N4O. The summed E-state index contributed by atoms with van der Waals surface area (Å²) in [5.74, 6) is 1.19. The molecule has 0 aliphatic carbocycles. The number of aliphatic hydroxyl groups is 1. The lowest BCUT2D eigenvalue weighted by atomic mass is 10.1. The van der Waals surface area contributed by atoms with Gasteiger partial charge in [0.15, 0.2) is 0 Å². The van der Waals surface area contributed by atoms with Crippen molar-refractivity contribution in [2.24, 2.45) is 0 Å². The molecule has 5 nitrogen and oxygen atoms in total. The second kappa shape index (κ2) is 7.71. The van der Waals surface area contributed by atoms with Crippen molar-refractivity contribution in [3.05, 3.63) is 54.0 Å². The number of nitrogen functional groups attached to an aromatic ring is 1. The summed E-state index contributed by atoms with van der Waals surface area (Å²) in [7, 11) is 0. The second-order valence-corrected chi connectivity index (χ2v) is 5.15. The van der Waals surface area contributed by atoms with Crippen LogP contribution in [0.3, 0.4) is 0 Å². The van der Waals surface area contributed by atoms with Gasteiger partial charge in [0.2, 0.25) is 0 Å². The fourth-order valence-electron chi connectivity index (χ4n) is 2.23. The summed E-state index contributed by atoms with van der Waals surface area (Å²) in [6.45, 7) is 3.68. The van der Waals surface area contributed by atoms with Crippen molar-refractivity contribution in [1.82, 2.24) is 14.9 Å². The van der Waals surface area contributed by atoms with Gasteiger partial charge >= 0.3 is 0 Å². The zero-order valence-electron chi connectivity index (χ0n) is 12.3. The molecule has 112 valence electrons. The van der Waals surface area contributed by atoms with Crippen LogP contribution < -0.4 is 5.73 Å². The number of nitrogens with zero attached hydrogens (tertiary/aromatic N) is 3. The predicted molar refractivity (Wildman–Crippen MR) is 83.3 cm³/mol. The van der Waals surface area contributed by atoms with Crippen LogP contribution in [0, 0.1) is 0 Å². The molecule has 5 heteroatoms. The van der Waals surface area contributed by atoms with E-state index in [1.807, 2.05) is 18.2 Å². The summed E-state index contributed by atoms with van der Waals surface area (Å²) in [6.07, 6.45) is 2.39. The largest absolute Gasteiger partial charge is 0.396 e. The third-order valence-corrected chi connectivity index (χ3v) is 3.47. The van der Waals surface area contributed by atoms with Crippen molar-refractivity contribution in [1.29, 1.82) is 0 Å². The maximum absolute atomic E-state index is 9.18. The van der Waals surface area contributed by atoms with E-state index in [-0.39, 0.29) is 12.6 Å². The van der Waals surface area contributed by atoms with Crippen molar-refractivity contribution in [2.45, 2.75) is 32.5 Å². The molecule has 1 aromatic carbocycles. The average molecular weight is 286 g/mol. The lowest BCUT2D eigenvalue weighted by Gasteiger charge is -2.28. The van der Waals surface area contributed by atoms with E-state index >= 15 is 0 Å². The number of nitrogens with two attached hydrogens (primary N) is 1. The molecule has 21 heavy (non-hydrogen) atoms. The molecule has 0 bridgehead atoms. The van der Waals surface area contributed by atoms with Crippen LogP contribution in [-0.4, -0.2) is 32.6 Å². The molecule has 0 aliphatic rings. The van der Waals surface area contributed by atoms with Gasteiger partial charge in [-0.05, 0) is 25.0 Å². The van der Waals surface area contributed by atoms with Crippen LogP contribution >= 0.6 is 0 Å². The molecule has 0 amide bonds. The Morgan fingerprint density at radius 3 is 2.62 bits per heavy atom. The van der Waals surface area contributed by atoms with Gasteiger partial charge in [-0.2, -0.15) is 0 Å². The fourth-order valence-corrected chi connectivity index (χ4v) is 2.23. The van der Waals surface area contributed by atoms with E-state index in [2.05, 4.69) is 33.9 Å². The Morgan fingerprint density at radius 2 is 1.95 bits per heavy atom. The van der Waals surface area contributed by atoms with Gasteiger partial charge in [0.1, 0.15) is 11.6 Å². The van der Waals surface area contributed by atoms with Gasteiger partial charge in [-0.1, -0.05) is 30.3 Å². The zero-order valence-corrected chi connectivity index (χ0v) is 12.3. The first-order valence-electron chi connectivity index (χ1n) is 7.15. The lowest BCUT2D eigenvalue weighted by molar-refractivity contribution is 0.150. The maximum Gasteiger partial charge on any atom is 0.144 e. The molecule has 2 aromatic rings. The minimum atomic E-state index is 0.171. The first kappa shape index (κ1) is 15.4. The summed E-state index contributed by atoms with van der Waals surface area (Å²) < 4.78 is 0. The third kappa shape index (κ3) is 4.81. The molecule has 0 aliphatic heterocycles. The van der Waals surface area contributed by atoms with Crippen molar-refractivity contribution in [3.8, 4) is 0 Å². The van der Waals surface area contributed by atoms with E-state index in [1.165, 1.54) is 5.56 Å². The van der Waals surface area contributed by atoms with Crippen molar-refractivity contribution in [2.75, 3.05) is 12.3 Å². The molecule has 0 spiro atoms. The summed E-state index contributed by atoms with van der Waals surface area (Å²) in [6, 6.07) is 12.2. The zero-order chi connectivity index (χ0) is 15.1. The highest BCUT2D eigenvalue weighted by Crippen LogP contribution is 2.13. The molecule has 0 saturated carbocycles. The van der Waals surface area contributed by atoms with Gasteiger partial charge in [-0.25, -0.2) is 9.97 Å². The Bertz CT molecular complexity index is 547. The van der Waals surface area contributed by atoms with Gasteiger partial charge < -0.3 is 10.8 Å². The maximum atomic E-state index is 9.18. The number of aromatic nitrogens is 2. The first-order chi connectivity index (χ1) is 10.2. The number of benzene rings is 1. The quantitative estimate of drug-likeness (QED) is 0.812. The normalized spacial score (nSPS) is 12.5. The van der Waals surface area contributed by atoms with E-state index in [9.17, 15) is 5.11 Å². The molecule has 3 N–H and O–H groups in total. The molecule has 1 atom stereocenters. The van der Waals surface area contributed by atoms with Crippen LogP contribution in [0.5, 0.6) is 0 Å². The number of aliphatic hydroxyl groups excluding tert-OH is 1. The number of anilines is 1. The summed E-state index contributed by atoms with van der Waals surface area (Å²) in [5, 5.41) is 9.18. The van der Waals surface area contributed by atoms with E-state index in [4.69, 9.17) is 5.73 Å². The second-order valence-electron chi connectivity index (χ2n) is 5.15. The smallest absolute Gasteiger partial charge is 0.144 e. The molecule has 0 fully saturated rings. The van der Waals surface area contributed by atoms with Gasteiger partial charge in [0.05, 0.1) is 6.54 Å². The highest BCUT2D eigenvalue weighted by molar-refractivity contribution is 5.25. The molecule has 1 unspecified atom stereocenters. The van der Waals surface area contributed by atoms with Crippen LogP contribution in [0.25, 0.3) is 0 Å². The molecule has 0 saturated heterocycles. The number of rotatable bonds is 7. The van der Waals surface area contributed by atoms with Crippen LogP contribution in [0.15, 0.2) is 42.6 Å². The van der Waals surface area contributed by atoms with Gasteiger partial charge in [-0.15, -0.1) is 0 Å². The van der Waals surface area contributed by atoms with Crippen molar-refractivity contribution < 1.29 is 5.11 Å². The summed E-state index contributed by atoms with van der Waals surface area (Å²) in [4.78, 5) is 10.8. The standard InChI is InChI=1S/C16H22N4O/c1-13(8-10-21)20(11-14-5-3-2-4-6-14)12-16-18-9-7-15(17)19-16/h2-7,9,13,21H,8,10-12H2,1H3,(H2,17,18,19). The Balaban J connectivity index is 2.12. The monoisotopic (exact) mass is 286 g/mol. The first-order valence-corrected chi connectivity index (χ1v) is 7.15. The fraction of sp³-hybridized carbons (Fsp3) is 0.375.